The van der Waals surface area contributed by atoms with Gasteiger partial charge in [0.2, 0.25) is 23.6 Å². The third-order valence-electron chi connectivity index (χ3n) is 4.32. The summed E-state index contributed by atoms with van der Waals surface area (Å²) < 4.78 is 0. The summed E-state index contributed by atoms with van der Waals surface area (Å²) in [6, 6.07) is -3.49. The maximum atomic E-state index is 12.7. The number of aliphatic imine (C=N–C) groups is 1. The highest BCUT2D eigenvalue weighted by Crippen LogP contribution is 2.06. The Bertz CT molecular complexity index is 716. The Morgan fingerprint density at radius 1 is 0.909 bits per heavy atom. The molecule has 188 valence electrons. The largest absolute Gasteiger partial charge is 0.480 e. The number of hydrogen-bond acceptors (Lipinski definition) is 8. The minimum absolute atomic E-state index is 0.0250. The van der Waals surface area contributed by atoms with Gasteiger partial charge in [0, 0.05) is 13.0 Å². The molecule has 0 heterocycles. The zero-order valence-electron chi connectivity index (χ0n) is 18.5. The molecule has 0 aliphatic heterocycles. The number of nitrogens with two attached hydrogens (primary N) is 4. The number of nitrogens with one attached hydrogen (secondary N) is 3. The van der Waals surface area contributed by atoms with Crippen molar-refractivity contribution in [2.45, 2.75) is 50.2 Å². The molecular weight excluding hydrogens is 456 g/mol. The number of primary amides is 1. The van der Waals surface area contributed by atoms with Crippen LogP contribution in [-0.2, 0) is 24.0 Å². The molecule has 0 aliphatic carbocycles. The lowest BCUT2D eigenvalue weighted by Crippen LogP contribution is -2.56. The zero-order valence-corrected chi connectivity index (χ0v) is 19.4. The van der Waals surface area contributed by atoms with Crippen LogP contribution in [0, 0.1) is 0 Å². The van der Waals surface area contributed by atoms with Crippen molar-refractivity contribution in [3.05, 3.63) is 0 Å². The number of thioether (sulfide) groups is 1. The van der Waals surface area contributed by atoms with Crippen LogP contribution in [0.2, 0.25) is 0 Å². The van der Waals surface area contributed by atoms with E-state index in [1.165, 1.54) is 11.8 Å². The lowest BCUT2D eigenvalue weighted by Gasteiger charge is -2.24. The number of carboxylic acid groups (broad SMARTS) is 1. The highest BCUT2D eigenvalue weighted by atomic mass is 32.2. The highest BCUT2D eigenvalue weighted by Gasteiger charge is 2.29. The van der Waals surface area contributed by atoms with Crippen LogP contribution in [0.3, 0.4) is 0 Å². The molecule has 14 nitrogen and oxygen atoms in total. The van der Waals surface area contributed by atoms with E-state index in [0.717, 1.165) is 0 Å². The SMILES string of the molecule is CSCCC(NC(=O)CN)C(=O)NC(CCC(N)=O)C(=O)NC(CCCN=C(N)N)C(=O)O. The van der Waals surface area contributed by atoms with Crippen molar-refractivity contribution in [3.63, 3.8) is 0 Å². The molecule has 0 spiro atoms. The van der Waals surface area contributed by atoms with Gasteiger partial charge in [0.25, 0.3) is 0 Å². The highest BCUT2D eigenvalue weighted by molar-refractivity contribution is 7.98. The van der Waals surface area contributed by atoms with Crippen LogP contribution in [0.25, 0.3) is 0 Å². The first-order valence-corrected chi connectivity index (χ1v) is 11.6. The molecule has 4 amide bonds. The molecule has 0 saturated carbocycles. The summed E-state index contributed by atoms with van der Waals surface area (Å²) in [5, 5.41) is 16.7. The second-order valence-electron chi connectivity index (χ2n) is 7.02. The Labute approximate surface area is 196 Å². The van der Waals surface area contributed by atoms with Crippen LogP contribution in [0.4, 0.5) is 0 Å². The van der Waals surface area contributed by atoms with Crippen LogP contribution in [0.5, 0.6) is 0 Å². The third kappa shape index (κ3) is 13.8. The number of carbonyl (C=O) groups excluding carboxylic acids is 4. The minimum atomic E-state index is -1.29. The summed E-state index contributed by atoms with van der Waals surface area (Å²) in [5.74, 6) is -3.63. The number of nitrogens with zero attached hydrogens (tertiary/aromatic N) is 1. The summed E-state index contributed by atoms with van der Waals surface area (Å²) in [6.07, 6.45) is 2.00. The summed E-state index contributed by atoms with van der Waals surface area (Å²) in [6.45, 7) is -0.156. The van der Waals surface area contributed by atoms with Crippen molar-refractivity contribution in [2.75, 3.05) is 25.1 Å². The molecule has 0 aromatic heterocycles. The first-order valence-electron chi connectivity index (χ1n) is 10.2. The maximum Gasteiger partial charge on any atom is 0.326 e. The molecule has 0 saturated heterocycles. The van der Waals surface area contributed by atoms with Gasteiger partial charge in [-0.2, -0.15) is 11.8 Å². The fraction of sp³-hybridized carbons (Fsp3) is 0.667. The summed E-state index contributed by atoms with van der Waals surface area (Å²) in [7, 11) is 0. The topological polar surface area (TPSA) is 258 Å². The van der Waals surface area contributed by atoms with Gasteiger partial charge in [-0.1, -0.05) is 0 Å². The quantitative estimate of drug-likeness (QED) is 0.0568. The number of hydrogen-bond donors (Lipinski definition) is 8. The average Bonchev–Trinajstić information content (AvgIpc) is 2.74. The van der Waals surface area contributed by atoms with Crippen molar-refractivity contribution in [3.8, 4) is 0 Å². The predicted molar refractivity (Wildman–Crippen MR) is 124 cm³/mol. The maximum absolute atomic E-state index is 12.7. The minimum Gasteiger partial charge on any atom is -0.480 e. The van der Waals surface area contributed by atoms with Gasteiger partial charge in [0.1, 0.15) is 18.1 Å². The molecule has 3 unspecified atom stereocenters. The molecular formula is C18H34N8O6S. The molecule has 0 bridgehead atoms. The smallest absolute Gasteiger partial charge is 0.326 e. The fourth-order valence-electron chi connectivity index (χ4n) is 2.62. The summed E-state index contributed by atoms with van der Waals surface area (Å²) >= 11 is 1.45. The van der Waals surface area contributed by atoms with E-state index in [2.05, 4.69) is 20.9 Å². The van der Waals surface area contributed by atoms with Gasteiger partial charge >= 0.3 is 5.97 Å². The first-order chi connectivity index (χ1) is 15.5. The number of carbonyl (C=O) groups is 5. The predicted octanol–water partition coefficient (Wildman–Crippen LogP) is -3.44. The van der Waals surface area contributed by atoms with E-state index in [9.17, 15) is 29.1 Å². The second kappa shape index (κ2) is 16.5. The van der Waals surface area contributed by atoms with Gasteiger partial charge in [-0.15, -0.1) is 0 Å². The summed E-state index contributed by atoms with van der Waals surface area (Å²) in [5.41, 5.74) is 20.9. The van der Waals surface area contributed by atoms with E-state index in [1.807, 2.05) is 6.26 Å². The van der Waals surface area contributed by atoms with Crippen LogP contribution >= 0.6 is 11.8 Å². The van der Waals surface area contributed by atoms with Crippen molar-refractivity contribution < 1.29 is 29.1 Å². The van der Waals surface area contributed by atoms with Crippen molar-refractivity contribution in [2.24, 2.45) is 27.9 Å². The summed E-state index contributed by atoms with van der Waals surface area (Å²) in [4.78, 5) is 63.6. The Morgan fingerprint density at radius 2 is 1.48 bits per heavy atom. The zero-order chi connectivity index (χ0) is 25.4. The molecule has 3 atom stereocenters. The number of aliphatic carboxylic acids is 1. The van der Waals surface area contributed by atoms with Gasteiger partial charge in [-0.05, 0) is 37.7 Å². The van der Waals surface area contributed by atoms with E-state index >= 15 is 0 Å². The van der Waals surface area contributed by atoms with E-state index in [1.54, 1.807) is 0 Å². The molecule has 0 rings (SSSR count). The molecule has 33 heavy (non-hydrogen) atoms. The molecule has 0 radical (unpaired) electrons. The van der Waals surface area contributed by atoms with Gasteiger partial charge in [0.05, 0.1) is 6.54 Å². The molecule has 15 heteroatoms. The lowest BCUT2D eigenvalue weighted by molar-refractivity contribution is -0.142. The fourth-order valence-corrected chi connectivity index (χ4v) is 3.09. The molecule has 12 N–H and O–H groups in total. The van der Waals surface area contributed by atoms with Crippen LogP contribution in [0.15, 0.2) is 4.99 Å². The van der Waals surface area contributed by atoms with Gasteiger partial charge < -0.3 is 44.0 Å². The Morgan fingerprint density at radius 3 is 1.97 bits per heavy atom. The number of guanidine groups is 1. The normalized spacial score (nSPS) is 13.2. The molecule has 0 aromatic carbocycles. The molecule has 0 aliphatic rings. The monoisotopic (exact) mass is 490 g/mol. The van der Waals surface area contributed by atoms with Gasteiger partial charge in [-0.3, -0.25) is 24.2 Å². The van der Waals surface area contributed by atoms with Crippen LogP contribution in [0.1, 0.15) is 32.1 Å². The lowest BCUT2D eigenvalue weighted by atomic mass is 10.1. The second-order valence-corrected chi connectivity index (χ2v) is 8.01. The van der Waals surface area contributed by atoms with Gasteiger partial charge in [-0.25, -0.2) is 4.79 Å². The number of amides is 4. The Hall–Kier alpha value is -3.07. The Kier molecular flexibility index (Phi) is 15.0. The third-order valence-corrected chi connectivity index (χ3v) is 4.96. The van der Waals surface area contributed by atoms with Crippen molar-refractivity contribution in [1.29, 1.82) is 0 Å². The number of carboxylic acids is 1. The van der Waals surface area contributed by atoms with E-state index < -0.39 is 47.7 Å². The standard InChI is InChI=1S/C18H34N8O6S/c1-33-8-6-11(24-14(28)9-19)16(30)25-10(4-5-13(20)27)15(29)26-12(17(31)32)3-2-7-23-18(21)22/h10-12H,2-9,19H2,1H3,(H2,20,27)(H,24,28)(H,25,30)(H,26,29)(H,31,32)(H4,21,22,23). The van der Waals surface area contributed by atoms with Crippen molar-refractivity contribution >= 4 is 47.3 Å². The van der Waals surface area contributed by atoms with E-state index in [-0.39, 0.29) is 51.2 Å². The van der Waals surface area contributed by atoms with Crippen LogP contribution < -0.4 is 38.9 Å². The molecule has 0 fully saturated rings. The van der Waals surface area contributed by atoms with E-state index in [4.69, 9.17) is 22.9 Å². The Balaban J connectivity index is 5.34. The average molecular weight is 491 g/mol. The van der Waals surface area contributed by atoms with Crippen molar-refractivity contribution in [1.82, 2.24) is 16.0 Å². The molecule has 0 aromatic rings. The van der Waals surface area contributed by atoms with E-state index in [0.29, 0.717) is 5.75 Å². The van der Waals surface area contributed by atoms with Crippen LogP contribution in [-0.4, -0.2) is 83.9 Å². The van der Waals surface area contributed by atoms with Gasteiger partial charge in [0.15, 0.2) is 5.96 Å². The first kappa shape index (κ1) is 29.9. The number of rotatable bonds is 17.